The Morgan fingerprint density at radius 1 is 1.00 bits per heavy atom. The number of hydrogen-bond acceptors (Lipinski definition) is 3. The van der Waals surface area contributed by atoms with Gasteiger partial charge in [0.25, 0.3) is 0 Å². The second-order valence-corrected chi connectivity index (χ2v) is 9.35. The molecule has 0 saturated carbocycles. The van der Waals surface area contributed by atoms with Crippen LogP contribution in [0.4, 0.5) is 0 Å². The molecule has 3 rings (SSSR count). The Hall–Kier alpha value is -1.67. The molecule has 1 fully saturated rings. The number of ether oxygens (including phenoxy) is 2. The quantitative estimate of drug-likeness (QED) is 0.621. The largest absolute Gasteiger partial charge is 0.343 e. The second kappa shape index (κ2) is 6.68. The summed E-state index contributed by atoms with van der Waals surface area (Å²) in [5.74, 6) is -1.25. The van der Waals surface area contributed by atoms with Crippen molar-refractivity contribution in [2.75, 3.05) is 0 Å². The molecular formula is C20H23O3P. The van der Waals surface area contributed by atoms with Crippen molar-refractivity contribution in [2.24, 2.45) is 0 Å². The van der Waals surface area contributed by atoms with E-state index >= 15 is 0 Å². The first-order chi connectivity index (χ1) is 11.5. The van der Waals surface area contributed by atoms with E-state index in [4.69, 9.17) is 9.47 Å². The molecule has 0 bridgehead atoms. The SMILES string of the molecule is C=C[C@H]1CC(P(=O)(c2ccccc2)c2ccccc2)OC(C)(C)O1. The molecule has 2 aromatic carbocycles. The normalized spacial score (nSPS) is 23.6. The summed E-state index contributed by atoms with van der Waals surface area (Å²) >= 11 is 0. The maximum atomic E-state index is 14.3. The van der Waals surface area contributed by atoms with Gasteiger partial charge in [0.2, 0.25) is 0 Å². The smallest absolute Gasteiger partial charge is 0.170 e. The summed E-state index contributed by atoms with van der Waals surface area (Å²) in [7, 11) is -2.98. The zero-order chi connectivity index (χ0) is 17.2. The van der Waals surface area contributed by atoms with Crippen LogP contribution in [0.15, 0.2) is 73.3 Å². The average molecular weight is 342 g/mol. The van der Waals surface area contributed by atoms with E-state index in [1.54, 1.807) is 6.08 Å². The van der Waals surface area contributed by atoms with Crippen molar-refractivity contribution in [1.82, 2.24) is 0 Å². The lowest BCUT2D eigenvalue weighted by Crippen LogP contribution is -2.46. The van der Waals surface area contributed by atoms with Gasteiger partial charge in [0.05, 0.1) is 6.10 Å². The Morgan fingerprint density at radius 3 is 1.96 bits per heavy atom. The fourth-order valence-electron chi connectivity index (χ4n) is 3.16. The molecule has 0 amide bonds. The van der Waals surface area contributed by atoms with Gasteiger partial charge in [0.15, 0.2) is 12.9 Å². The van der Waals surface area contributed by atoms with Gasteiger partial charge in [-0.05, 0) is 13.8 Å². The minimum Gasteiger partial charge on any atom is -0.343 e. The third-order valence-corrected chi connectivity index (χ3v) is 7.49. The lowest BCUT2D eigenvalue weighted by Gasteiger charge is -2.42. The van der Waals surface area contributed by atoms with Crippen LogP contribution in [0, 0.1) is 0 Å². The van der Waals surface area contributed by atoms with E-state index in [2.05, 4.69) is 6.58 Å². The van der Waals surface area contributed by atoms with Crippen LogP contribution in [0.3, 0.4) is 0 Å². The van der Waals surface area contributed by atoms with Crippen LogP contribution in [0.25, 0.3) is 0 Å². The first-order valence-corrected chi connectivity index (χ1v) is 9.92. The topological polar surface area (TPSA) is 35.5 Å². The van der Waals surface area contributed by atoms with Gasteiger partial charge in [-0.15, -0.1) is 6.58 Å². The Kier molecular flexibility index (Phi) is 4.78. The highest BCUT2D eigenvalue weighted by molar-refractivity contribution is 7.79. The molecular weight excluding hydrogens is 319 g/mol. The van der Waals surface area contributed by atoms with E-state index < -0.39 is 18.8 Å². The first kappa shape index (κ1) is 17.2. The minimum atomic E-state index is -2.98. The van der Waals surface area contributed by atoms with Gasteiger partial charge in [-0.25, -0.2) is 0 Å². The van der Waals surface area contributed by atoms with Gasteiger partial charge in [-0.3, -0.25) is 0 Å². The van der Waals surface area contributed by atoms with Gasteiger partial charge in [-0.1, -0.05) is 66.7 Å². The van der Waals surface area contributed by atoms with Gasteiger partial charge < -0.3 is 14.0 Å². The maximum absolute atomic E-state index is 14.3. The highest BCUT2D eigenvalue weighted by Gasteiger charge is 2.45. The van der Waals surface area contributed by atoms with Crippen molar-refractivity contribution in [2.45, 2.75) is 38.0 Å². The number of hydrogen-bond donors (Lipinski definition) is 0. The van der Waals surface area contributed by atoms with Crippen molar-refractivity contribution < 1.29 is 14.0 Å². The summed E-state index contributed by atoms with van der Waals surface area (Å²) in [5, 5.41) is 1.61. The maximum Gasteiger partial charge on any atom is 0.170 e. The van der Waals surface area contributed by atoms with Crippen molar-refractivity contribution in [3.8, 4) is 0 Å². The summed E-state index contributed by atoms with van der Waals surface area (Å²) in [6.45, 7) is 7.56. The molecule has 126 valence electrons. The zero-order valence-electron chi connectivity index (χ0n) is 14.1. The van der Waals surface area contributed by atoms with Crippen LogP contribution in [0.2, 0.25) is 0 Å². The molecule has 4 heteroatoms. The Balaban J connectivity index is 2.12. The van der Waals surface area contributed by atoms with Crippen molar-refractivity contribution in [3.63, 3.8) is 0 Å². The van der Waals surface area contributed by atoms with Crippen molar-refractivity contribution in [3.05, 3.63) is 73.3 Å². The standard InChI is InChI=1S/C20H23O3P/c1-4-16-15-19(23-20(2,3)22-16)24(21,17-11-7-5-8-12-17)18-13-9-6-10-14-18/h4-14,16,19H,1,15H2,2-3H3/t16-,19?/m0/s1. The van der Waals surface area contributed by atoms with Crippen LogP contribution < -0.4 is 10.6 Å². The van der Waals surface area contributed by atoms with E-state index in [1.165, 1.54) is 0 Å². The Morgan fingerprint density at radius 2 is 1.50 bits per heavy atom. The fraction of sp³-hybridized carbons (Fsp3) is 0.300. The first-order valence-electron chi connectivity index (χ1n) is 8.15. The molecule has 0 N–H and O–H groups in total. The summed E-state index contributed by atoms with van der Waals surface area (Å²) < 4.78 is 26.3. The summed E-state index contributed by atoms with van der Waals surface area (Å²) in [4.78, 5) is 0. The molecule has 1 aliphatic heterocycles. The Labute approximate surface area is 143 Å². The van der Waals surface area contributed by atoms with Gasteiger partial charge in [0, 0.05) is 17.0 Å². The fourth-order valence-corrected chi connectivity index (χ4v) is 6.26. The van der Waals surface area contributed by atoms with E-state index in [9.17, 15) is 4.57 Å². The molecule has 2 aromatic rings. The third kappa shape index (κ3) is 3.25. The Bertz CT molecular complexity index is 696. The zero-order valence-corrected chi connectivity index (χ0v) is 15.0. The lowest BCUT2D eigenvalue weighted by atomic mass is 10.2. The molecule has 1 saturated heterocycles. The van der Waals surface area contributed by atoms with E-state index in [0.717, 1.165) is 10.6 Å². The van der Waals surface area contributed by atoms with Gasteiger partial charge in [0.1, 0.15) is 5.85 Å². The molecule has 0 aliphatic carbocycles. The summed E-state index contributed by atoms with van der Waals surface area (Å²) in [6.07, 6.45) is 2.10. The number of rotatable bonds is 4. The predicted molar refractivity (Wildman–Crippen MR) is 98.4 cm³/mol. The molecule has 0 radical (unpaired) electrons. The number of benzene rings is 2. The average Bonchev–Trinajstić information content (AvgIpc) is 2.61. The van der Waals surface area contributed by atoms with Gasteiger partial charge in [-0.2, -0.15) is 0 Å². The lowest BCUT2D eigenvalue weighted by molar-refractivity contribution is -0.273. The highest BCUT2D eigenvalue weighted by Crippen LogP contribution is 2.53. The predicted octanol–water partition coefficient (Wildman–Crippen LogP) is 4.05. The summed E-state index contributed by atoms with van der Waals surface area (Å²) in [5.41, 5.74) is 0. The van der Waals surface area contributed by atoms with Crippen LogP contribution in [0.5, 0.6) is 0 Å². The second-order valence-electron chi connectivity index (χ2n) is 6.43. The van der Waals surface area contributed by atoms with Crippen LogP contribution in [-0.2, 0) is 14.0 Å². The molecule has 1 aliphatic rings. The highest BCUT2D eigenvalue weighted by atomic mass is 31.2. The van der Waals surface area contributed by atoms with Crippen LogP contribution >= 0.6 is 7.14 Å². The molecule has 0 spiro atoms. The van der Waals surface area contributed by atoms with E-state index in [0.29, 0.717) is 6.42 Å². The van der Waals surface area contributed by atoms with E-state index in [-0.39, 0.29) is 6.10 Å². The van der Waals surface area contributed by atoms with Crippen LogP contribution in [-0.4, -0.2) is 17.7 Å². The molecule has 1 heterocycles. The molecule has 1 unspecified atom stereocenters. The van der Waals surface area contributed by atoms with Crippen molar-refractivity contribution in [1.29, 1.82) is 0 Å². The molecule has 24 heavy (non-hydrogen) atoms. The van der Waals surface area contributed by atoms with E-state index in [1.807, 2.05) is 74.5 Å². The van der Waals surface area contributed by atoms with Crippen molar-refractivity contribution >= 4 is 17.8 Å². The van der Waals surface area contributed by atoms with Crippen LogP contribution in [0.1, 0.15) is 20.3 Å². The van der Waals surface area contributed by atoms with Gasteiger partial charge >= 0.3 is 0 Å². The summed E-state index contributed by atoms with van der Waals surface area (Å²) in [6, 6.07) is 19.2. The minimum absolute atomic E-state index is 0.181. The monoisotopic (exact) mass is 342 g/mol. The third-order valence-electron chi connectivity index (χ3n) is 4.24. The molecule has 3 nitrogen and oxygen atoms in total. The molecule has 2 atom stereocenters. The molecule has 0 aromatic heterocycles.